The first kappa shape index (κ1) is 19.5. The standard InChI is InChI=1S/C22H15F4N3O/c23-17-8-7-14(12-16(17)22(24,25)26)29-19-15-10-11-28-18(20(15)30-21(19)27)9-6-13-4-2-1-3-5-13/h1-12,29H,27H2/b9-6+. The van der Waals surface area contributed by atoms with E-state index in [1.807, 2.05) is 36.4 Å². The molecule has 2 aromatic heterocycles. The average molecular weight is 413 g/mol. The largest absolute Gasteiger partial charge is 0.436 e. The maximum atomic E-state index is 13.5. The fourth-order valence-electron chi connectivity index (χ4n) is 3.01. The highest BCUT2D eigenvalue weighted by molar-refractivity contribution is 6.01. The molecular weight excluding hydrogens is 398 g/mol. The van der Waals surface area contributed by atoms with Crippen LogP contribution in [0.3, 0.4) is 0 Å². The Labute approximate surface area is 168 Å². The van der Waals surface area contributed by atoms with E-state index in [9.17, 15) is 17.6 Å². The molecular formula is C22H15F4N3O. The Bertz CT molecular complexity index is 1230. The molecule has 3 N–H and O–H groups in total. The first-order chi connectivity index (χ1) is 14.3. The van der Waals surface area contributed by atoms with Crippen molar-refractivity contribution in [3.05, 3.63) is 83.4 Å². The number of aromatic nitrogens is 1. The summed E-state index contributed by atoms with van der Waals surface area (Å²) in [4.78, 5) is 4.28. The minimum Gasteiger partial charge on any atom is -0.436 e. The maximum absolute atomic E-state index is 13.5. The molecule has 0 radical (unpaired) electrons. The normalized spacial score (nSPS) is 12.0. The zero-order valence-electron chi connectivity index (χ0n) is 15.4. The lowest BCUT2D eigenvalue weighted by molar-refractivity contribution is -0.139. The SMILES string of the molecule is Nc1oc2c(/C=C/c3ccccc3)nccc2c1Nc1ccc(F)c(C(F)(F)F)c1. The number of nitrogens with zero attached hydrogens (tertiary/aromatic N) is 1. The van der Waals surface area contributed by atoms with Gasteiger partial charge in [-0.3, -0.25) is 4.98 Å². The van der Waals surface area contributed by atoms with Gasteiger partial charge >= 0.3 is 6.18 Å². The Hall–Kier alpha value is -3.81. The third-order valence-electron chi connectivity index (χ3n) is 4.43. The van der Waals surface area contributed by atoms with Crippen LogP contribution in [-0.4, -0.2) is 4.98 Å². The predicted octanol–water partition coefficient (Wildman–Crippen LogP) is 6.48. The zero-order chi connectivity index (χ0) is 21.3. The van der Waals surface area contributed by atoms with Crippen LogP contribution in [0.2, 0.25) is 0 Å². The number of nitrogens with one attached hydrogen (secondary N) is 1. The van der Waals surface area contributed by atoms with E-state index in [0.29, 0.717) is 22.7 Å². The molecule has 152 valence electrons. The number of hydrogen-bond donors (Lipinski definition) is 2. The molecule has 0 fully saturated rings. The van der Waals surface area contributed by atoms with Crippen molar-refractivity contribution >= 4 is 40.4 Å². The summed E-state index contributed by atoms with van der Waals surface area (Å²) in [5.41, 5.74) is 6.73. The summed E-state index contributed by atoms with van der Waals surface area (Å²) >= 11 is 0. The number of hydrogen-bond acceptors (Lipinski definition) is 4. The third kappa shape index (κ3) is 3.84. The Morgan fingerprint density at radius 3 is 2.50 bits per heavy atom. The molecule has 0 saturated carbocycles. The molecule has 0 bridgehead atoms. The van der Waals surface area contributed by atoms with Gasteiger partial charge in [-0.1, -0.05) is 36.4 Å². The van der Waals surface area contributed by atoms with Gasteiger partial charge in [0.05, 0.1) is 10.9 Å². The smallest absolute Gasteiger partial charge is 0.419 e. The number of alkyl halides is 3. The Morgan fingerprint density at radius 2 is 1.77 bits per heavy atom. The Kier molecular flexibility index (Phi) is 4.91. The summed E-state index contributed by atoms with van der Waals surface area (Å²) < 4.78 is 58.1. The fourth-order valence-corrected chi connectivity index (χ4v) is 3.01. The van der Waals surface area contributed by atoms with Crippen molar-refractivity contribution in [3.8, 4) is 0 Å². The molecule has 4 aromatic rings. The first-order valence-electron chi connectivity index (χ1n) is 8.87. The number of anilines is 3. The van der Waals surface area contributed by atoms with Crippen molar-refractivity contribution in [1.82, 2.24) is 4.98 Å². The summed E-state index contributed by atoms with van der Waals surface area (Å²) in [6, 6.07) is 13.8. The number of halogens is 4. The van der Waals surface area contributed by atoms with Crippen LogP contribution in [-0.2, 0) is 6.18 Å². The van der Waals surface area contributed by atoms with Gasteiger partial charge in [-0.25, -0.2) is 4.39 Å². The van der Waals surface area contributed by atoms with Gasteiger partial charge in [-0.05, 0) is 35.9 Å². The predicted molar refractivity (Wildman–Crippen MR) is 108 cm³/mol. The number of pyridine rings is 1. The van der Waals surface area contributed by atoms with Crippen LogP contribution in [0.5, 0.6) is 0 Å². The van der Waals surface area contributed by atoms with Gasteiger partial charge in [-0.15, -0.1) is 0 Å². The van der Waals surface area contributed by atoms with Gasteiger partial charge in [0.2, 0.25) is 5.88 Å². The fraction of sp³-hybridized carbons (Fsp3) is 0.0455. The van der Waals surface area contributed by atoms with Gasteiger partial charge in [-0.2, -0.15) is 13.2 Å². The zero-order valence-corrected chi connectivity index (χ0v) is 15.4. The summed E-state index contributed by atoms with van der Waals surface area (Å²) in [7, 11) is 0. The van der Waals surface area contributed by atoms with Crippen LogP contribution < -0.4 is 11.1 Å². The Balaban J connectivity index is 1.71. The van der Waals surface area contributed by atoms with E-state index in [1.54, 1.807) is 18.3 Å². The molecule has 8 heteroatoms. The van der Waals surface area contributed by atoms with Crippen molar-refractivity contribution < 1.29 is 22.0 Å². The Morgan fingerprint density at radius 1 is 1.00 bits per heavy atom. The van der Waals surface area contributed by atoms with Crippen LogP contribution in [0.4, 0.5) is 34.8 Å². The van der Waals surface area contributed by atoms with E-state index in [4.69, 9.17) is 10.2 Å². The summed E-state index contributed by atoms with van der Waals surface area (Å²) in [6.45, 7) is 0. The molecule has 0 aliphatic carbocycles. The second kappa shape index (κ2) is 7.55. The highest BCUT2D eigenvalue weighted by Gasteiger charge is 2.34. The van der Waals surface area contributed by atoms with Crippen molar-refractivity contribution in [2.24, 2.45) is 0 Å². The van der Waals surface area contributed by atoms with E-state index in [1.165, 1.54) is 6.07 Å². The van der Waals surface area contributed by atoms with Crippen molar-refractivity contribution in [3.63, 3.8) is 0 Å². The summed E-state index contributed by atoms with van der Waals surface area (Å²) in [5, 5.41) is 3.33. The van der Waals surface area contributed by atoms with Crippen molar-refractivity contribution in [2.45, 2.75) is 6.18 Å². The van der Waals surface area contributed by atoms with Gasteiger partial charge in [0.25, 0.3) is 0 Å². The van der Waals surface area contributed by atoms with Gasteiger partial charge in [0.15, 0.2) is 5.58 Å². The minimum absolute atomic E-state index is 0.0229. The second-order valence-electron chi connectivity index (χ2n) is 6.48. The molecule has 0 aliphatic heterocycles. The number of nitrogens with two attached hydrogens (primary N) is 1. The van der Waals surface area contributed by atoms with Crippen molar-refractivity contribution in [2.75, 3.05) is 11.1 Å². The van der Waals surface area contributed by atoms with E-state index in [0.717, 1.165) is 11.6 Å². The highest BCUT2D eigenvalue weighted by atomic mass is 19.4. The molecule has 2 aromatic carbocycles. The molecule has 0 atom stereocenters. The lowest BCUT2D eigenvalue weighted by Gasteiger charge is -2.11. The monoisotopic (exact) mass is 413 g/mol. The van der Waals surface area contributed by atoms with E-state index < -0.39 is 17.6 Å². The molecule has 0 unspecified atom stereocenters. The van der Waals surface area contributed by atoms with E-state index in [2.05, 4.69) is 10.3 Å². The third-order valence-corrected chi connectivity index (χ3v) is 4.43. The van der Waals surface area contributed by atoms with Crippen LogP contribution in [0.25, 0.3) is 23.1 Å². The van der Waals surface area contributed by atoms with Crippen molar-refractivity contribution in [1.29, 1.82) is 0 Å². The van der Waals surface area contributed by atoms with Crippen LogP contribution >= 0.6 is 0 Å². The number of fused-ring (bicyclic) bond motifs is 1. The molecule has 30 heavy (non-hydrogen) atoms. The first-order valence-corrected chi connectivity index (χ1v) is 8.87. The molecule has 0 aliphatic rings. The van der Waals surface area contributed by atoms with Gasteiger partial charge < -0.3 is 15.5 Å². The van der Waals surface area contributed by atoms with Crippen LogP contribution in [0.15, 0.2) is 65.2 Å². The number of rotatable bonds is 4. The molecule has 0 saturated heterocycles. The molecule has 0 spiro atoms. The van der Waals surface area contributed by atoms with Crippen LogP contribution in [0, 0.1) is 5.82 Å². The molecule has 4 nitrogen and oxygen atoms in total. The summed E-state index contributed by atoms with van der Waals surface area (Å²) in [5.74, 6) is -1.37. The molecule has 4 rings (SSSR count). The topological polar surface area (TPSA) is 64.1 Å². The van der Waals surface area contributed by atoms with E-state index in [-0.39, 0.29) is 17.3 Å². The number of furan rings is 1. The van der Waals surface area contributed by atoms with Gasteiger partial charge in [0.1, 0.15) is 17.2 Å². The molecule has 2 heterocycles. The van der Waals surface area contributed by atoms with E-state index >= 15 is 0 Å². The van der Waals surface area contributed by atoms with Gasteiger partial charge in [0, 0.05) is 11.9 Å². The number of nitrogen functional groups attached to an aromatic ring is 1. The summed E-state index contributed by atoms with van der Waals surface area (Å²) in [6.07, 6.45) is 0.331. The second-order valence-corrected chi connectivity index (χ2v) is 6.48. The quantitative estimate of drug-likeness (QED) is 0.376. The lowest BCUT2D eigenvalue weighted by Crippen LogP contribution is -2.08. The average Bonchev–Trinajstić information content (AvgIpc) is 3.03. The maximum Gasteiger partial charge on any atom is 0.419 e. The minimum atomic E-state index is -4.81. The molecule has 0 amide bonds. The number of benzene rings is 2. The van der Waals surface area contributed by atoms with Crippen LogP contribution in [0.1, 0.15) is 16.8 Å². The lowest BCUT2D eigenvalue weighted by atomic mass is 10.1. The highest BCUT2D eigenvalue weighted by Crippen LogP contribution is 2.38.